The lowest BCUT2D eigenvalue weighted by Gasteiger charge is -2.22. The molecule has 0 fully saturated rings. The molecule has 0 radical (unpaired) electrons. The van der Waals surface area contributed by atoms with E-state index in [0.29, 0.717) is 24.1 Å². The fourth-order valence-corrected chi connectivity index (χ4v) is 3.73. The molecule has 4 rings (SSSR count). The molecule has 3 aromatic heterocycles. The van der Waals surface area contributed by atoms with Gasteiger partial charge in [-0.05, 0) is 41.6 Å². The van der Waals surface area contributed by atoms with Crippen molar-refractivity contribution < 1.29 is 9.21 Å². The lowest BCUT2D eigenvalue weighted by Crippen LogP contribution is -2.33. The van der Waals surface area contributed by atoms with Crippen LogP contribution in [0, 0.1) is 0 Å². The first-order valence-corrected chi connectivity index (χ1v) is 9.82. The number of carbonyl (C=O) groups excluding carboxylic acids is 1. The molecule has 0 saturated carbocycles. The van der Waals surface area contributed by atoms with Gasteiger partial charge < -0.3 is 9.32 Å². The molecule has 3 heterocycles. The average molecular weight is 390 g/mol. The predicted molar refractivity (Wildman–Crippen MR) is 109 cm³/mol. The second-order valence-electron chi connectivity index (χ2n) is 6.39. The predicted octanol–water partition coefficient (Wildman–Crippen LogP) is 4.13. The molecule has 0 bridgehead atoms. The van der Waals surface area contributed by atoms with Gasteiger partial charge in [-0.25, -0.2) is 0 Å². The Labute approximate surface area is 165 Å². The number of aromatic nitrogens is 1. The van der Waals surface area contributed by atoms with Crippen LogP contribution >= 0.6 is 11.3 Å². The van der Waals surface area contributed by atoms with Crippen molar-refractivity contribution in [2.24, 2.45) is 0 Å². The summed E-state index contributed by atoms with van der Waals surface area (Å²) in [7, 11) is 0. The van der Waals surface area contributed by atoms with Crippen molar-refractivity contribution in [3.05, 3.63) is 98.8 Å². The molecule has 6 heteroatoms. The number of carbonyl (C=O) groups is 1. The zero-order valence-corrected chi connectivity index (χ0v) is 15.9. The van der Waals surface area contributed by atoms with Gasteiger partial charge in [0.1, 0.15) is 5.58 Å². The summed E-state index contributed by atoms with van der Waals surface area (Å²) in [5, 5.41) is 2.49. The third-order valence-electron chi connectivity index (χ3n) is 4.44. The molecule has 1 aromatic carbocycles. The Morgan fingerprint density at radius 3 is 2.79 bits per heavy atom. The second kappa shape index (κ2) is 8.19. The van der Waals surface area contributed by atoms with E-state index in [-0.39, 0.29) is 17.1 Å². The maximum atomic E-state index is 13.2. The second-order valence-corrected chi connectivity index (χ2v) is 7.42. The Bertz CT molecular complexity index is 1140. The van der Waals surface area contributed by atoms with E-state index in [1.807, 2.05) is 29.6 Å². The van der Waals surface area contributed by atoms with Crippen LogP contribution in [0.2, 0.25) is 0 Å². The fraction of sp³-hybridized carbons (Fsp3) is 0.136. The highest BCUT2D eigenvalue weighted by Crippen LogP contribution is 2.16. The Morgan fingerprint density at radius 2 is 2.00 bits per heavy atom. The standard InChI is InChI=1S/C22H18N2O3S/c25-19-13-21(27-20-8-2-1-7-18(19)20)22(26)24(11-9-17-6-4-12-28-17)15-16-5-3-10-23-14-16/h1-8,10,12-14H,9,11,15H2. The third-order valence-corrected chi connectivity index (χ3v) is 5.37. The first-order chi connectivity index (χ1) is 13.7. The summed E-state index contributed by atoms with van der Waals surface area (Å²) in [6.07, 6.45) is 4.17. The maximum absolute atomic E-state index is 13.2. The molecule has 0 N–H and O–H groups in total. The SMILES string of the molecule is O=C(c1cc(=O)c2ccccc2o1)N(CCc1cccs1)Cc1cccnc1. The van der Waals surface area contributed by atoms with Crippen LogP contribution in [0.3, 0.4) is 0 Å². The van der Waals surface area contributed by atoms with Gasteiger partial charge in [0.25, 0.3) is 5.91 Å². The van der Waals surface area contributed by atoms with Gasteiger partial charge in [0, 0.05) is 36.4 Å². The van der Waals surface area contributed by atoms with Crippen LogP contribution in [0.15, 0.2) is 81.6 Å². The van der Waals surface area contributed by atoms with E-state index >= 15 is 0 Å². The summed E-state index contributed by atoms with van der Waals surface area (Å²) in [4.78, 5) is 32.6. The third kappa shape index (κ3) is 4.02. The summed E-state index contributed by atoms with van der Waals surface area (Å²) < 4.78 is 5.76. The zero-order valence-electron chi connectivity index (χ0n) is 15.1. The Morgan fingerprint density at radius 1 is 1.11 bits per heavy atom. The number of pyridine rings is 1. The van der Waals surface area contributed by atoms with Gasteiger partial charge in [0.2, 0.25) is 0 Å². The van der Waals surface area contributed by atoms with Crippen LogP contribution in [0.4, 0.5) is 0 Å². The van der Waals surface area contributed by atoms with E-state index in [1.165, 1.54) is 10.9 Å². The monoisotopic (exact) mass is 390 g/mol. The molecule has 5 nitrogen and oxygen atoms in total. The molecular formula is C22H18N2O3S. The Kier molecular flexibility index (Phi) is 5.30. The molecule has 4 aromatic rings. The molecule has 0 saturated heterocycles. The van der Waals surface area contributed by atoms with Crippen LogP contribution in [-0.2, 0) is 13.0 Å². The fourth-order valence-electron chi connectivity index (χ4n) is 3.03. The molecule has 0 atom stereocenters. The highest BCUT2D eigenvalue weighted by Gasteiger charge is 2.20. The van der Waals surface area contributed by atoms with Gasteiger partial charge in [-0.3, -0.25) is 14.6 Å². The normalized spacial score (nSPS) is 10.9. The summed E-state index contributed by atoms with van der Waals surface area (Å²) in [5.74, 6) is -0.248. The lowest BCUT2D eigenvalue weighted by atomic mass is 10.2. The molecule has 0 unspecified atom stereocenters. The van der Waals surface area contributed by atoms with Crippen molar-refractivity contribution in [1.29, 1.82) is 0 Å². The van der Waals surface area contributed by atoms with Crippen LogP contribution in [0.5, 0.6) is 0 Å². The summed E-state index contributed by atoms with van der Waals surface area (Å²) in [6, 6.07) is 16.0. The zero-order chi connectivity index (χ0) is 19.3. The minimum atomic E-state index is -0.303. The highest BCUT2D eigenvalue weighted by molar-refractivity contribution is 7.09. The van der Waals surface area contributed by atoms with Gasteiger partial charge in [0.05, 0.1) is 5.39 Å². The minimum Gasteiger partial charge on any atom is -0.451 e. The van der Waals surface area contributed by atoms with Crippen LogP contribution in [0.25, 0.3) is 11.0 Å². The topological polar surface area (TPSA) is 63.4 Å². The smallest absolute Gasteiger partial charge is 0.290 e. The molecule has 28 heavy (non-hydrogen) atoms. The Hall–Kier alpha value is -3.25. The number of benzene rings is 1. The molecule has 0 aliphatic rings. The van der Waals surface area contributed by atoms with Crippen LogP contribution in [0.1, 0.15) is 21.0 Å². The number of para-hydroxylation sites is 1. The van der Waals surface area contributed by atoms with Crippen molar-refractivity contribution in [1.82, 2.24) is 9.88 Å². The van der Waals surface area contributed by atoms with E-state index < -0.39 is 0 Å². The van der Waals surface area contributed by atoms with Crippen LogP contribution in [-0.4, -0.2) is 22.3 Å². The molecule has 0 aliphatic carbocycles. The number of hydrogen-bond acceptors (Lipinski definition) is 5. The molecule has 0 spiro atoms. The number of fused-ring (bicyclic) bond motifs is 1. The van der Waals surface area contributed by atoms with Gasteiger partial charge in [-0.15, -0.1) is 11.3 Å². The van der Waals surface area contributed by atoms with Crippen LogP contribution < -0.4 is 5.43 Å². The van der Waals surface area contributed by atoms with E-state index in [2.05, 4.69) is 4.98 Å². The van der Waals surface area contributed by atoms with E-state index in [0.717, 1.165) is 12.0 Å². The van der Waals surface area contributed by atoms with Gasteiger partial charge in [-0.1, -0.05) is 24.3 Å². The maximum Gasteiger partial charge on any atom is 0.290 e. The van der Waals surface area contributed by atoms with E-state index in [4.69, 9.17) is 4.42 Å². The lowest BCUT2D eigenvalue weighted by molar-refractivity contribution is 0.0713. The van der Waals surface area contributed by atoms with Gasteiger partial charge in [-0.2, -0.15) is 0 Å². The van der Waals surface area contributed by atoms with Crippen molar-refractivity contribution in [3.63, 3.8) is 0 Å². The molecular weight excluding hydrogens is 372 g/mol. The largest absolute Gasteiger partial charge is 0.451 e. The van der Waals surface area contributed by atoms with Crippen molar-refractivity contribution in [2.45, 2.75) is 13.0 Å². The van der Waals surface area contributed by atoms with Crippen molar-refractivity contribution >= 4 is 28.2 Å². The van der Waals surface area contributed by atoms with E-state index in [1.54, 1.807) is 52.9 Å². The molecule has 0 aliphatic heterocycles. The number of amides is 1. The van der Waals surface area contributed by atoms with Gasteiger partial charge in [0.15, 0.2) is 11.2 Å². The van der Waals surface area contributed by atoms with E-state index in [9.17, 15) is 9.59 Å². The first kappa shape index (κ1) is 18.1. The first-order valence-electron chi connectivity index (χ1n) is 8.94. The number of hydrogen-bond donors (Lipinski definition) is 0. The number of thiophene rings is 1. The summed E-state index contributed by atoms with van der Waals surface area (Å²) >= 11 is 1.66. The highest BCUT2D eigenvalue weighted by atomic mass is 32.1. The van der Waals surface area contributed by atoms with Gasteiger partial charge >= 0.3 is 0 Å². The molecule has 1 amide bonds. The summed E-state index contributed by atoms with van der Waals surface area (Å²) in [6.45, 7) is 0.916. The minimum absolute atomic E-state index is 0.0544. The Balaban J connectivity index is 1.64. The van der Waals surface area contributed by atoms with Crippen molar-refractivity contribution in [3.8, 4) is 0 Å². The quantitative estimate of drug-likeness (QED) is 0.496. The average Bonchev–Trinajstić information content (AvgIpc) is 3.25. The van der Waals surface area contributed by atoms with Crippen molar-refractivity contribution in [2.75, 3.05) is 6.54 Å². The number of nitrogens with zero attached hydrogens (tertiary/aromatic N) is 2. The molecule has 140 valence electrons. The number of rotatable bonds is 6. The summed E-state index contributed by atoms with van der Waals surface area (Å²) in [5.41, 5.74) is 1.12.